The molecule has 2 aliphatic rings. The van der Waals surface area contributed by atoms with Gasteiger partial charge in [-0.05, 0) is 44.5 Å². The van der Waals surface area contributed by atoms with E-state index in [1.165, 1.54) is 40.2 Å². The molecule has 5 N–H and O–H groups in total. The predicted molar refractivity (Wildman–Crippen MR) is 213 cm³/mol. The molecule has 6 rings (SSSR count). The molecule has 2 aromatic carbocycles. The maximum atomic E-state index is 14.6. The van der Waals surface area contributed by atoms with Crippen molar-refractivity contribution in [3.8, 4) is 17.2 Å². The van der Waals surface area contributed by atoms with Crippen LogP contribution in [0.15, 0.2) is 54.5 Å². The van der Waals surface area contributed by atoms with Crippen molar-refractivity contribution in [1.82, 2.24) is 9.38 Å². The fourth-order valence-corrected chi connectivity index (χ4v) is 8.03. The number of Topliss-reactive ketones (excluding diaryl/α,β-unsaturated/α-hetero) is 1. The Morgan fingerprint density at radius 2 is 1.68 bits per heavy atom. The van der Waals surface area contributed by atoms with E-state index in [-0.39, 0.29) is 55.7 Å². The third-order valence-electron chi connectivity index (χ3n) is 11.5. The number of nitrogens with one attached hydrogen (secondary N) is 1. The van der Waals surface area contributed by atoms with Gasteiger partial charge in [-0.1, -0.05) is 45.9 Å². The second-order valence-corrected chi connectivity index (χ2v) is 15.6. The molecule has 1 amide bonds. The number of ether oxygens (including phenoxy) is 4. The van der Waals surface area contributed by atoms with Crippen LogP contribution in [0.3, 0.4) is 0 Å². The number of imidazole rings is 1. The van der Waals surface area contributed by atoms with Crippen LogP contribution in [-0.2, 0) is 23.8 Å². The summed E-state index contributed by atoms with van der Waals surface area (Å²) in [7, 11) is 1.46. The Morgan fingerprint density at radius 1 is 0.982 bits per heavy atom. The van der Waals surface area contributed by atoms with Crippen molar-refractivity contribution in [1.29, 1.82) is 0 Å². The number of phenolic OH excluding ortho intramolecular Hbond substituents is 2. The summed E-state index contributed by atoms with van der Waals surface area (Å²) in [6, 6.07) is 3.64. The molecule has 4 bridgehead atoms. The summed E-state index contributed by atoms with van der Waals surface area (Å²) in [4.78, 5) is 45.6. The van der Waals surface area contributed by atoms with Gasteiger partial charge in [-0.3, -0.25) is 18.8 Å². The van der Waals surface area contributed by atoms with E-state index in [2.05, 4.69) is 5.32 Å². The number of ketones is 1. The zero-order chi connectivity index (χ0) is 41.8. The van der Waals surface area contributed by atoms with Crippen LogP contribution in [-0.4, -0.2) is 84.8 Å². The van der Waals surface area contributed by atoms with Gasteiger partial charge in [0.2, 0.25) is 0 Å². The number of rotatable bonds is 2. The molecule has 4 unspecified atom stereocenters. The third kappa shape index (κ3) is 7.10. The van der Waals surface area contributed by atoms with E-state index in [1.54, 1.807) is 63.4 Å². The number of anilines is 1. The molecular formula is C43H51N3O11. The standard InChI is InChI=1S/C43H51N3O11/c1-19-14-16-46-28(18-19)44-32-29-30-37(50)25(7)40-31(29)41(52)43(9,57-40)55-17-15-27(54-10)22(4)39(56-26(8)47)24(6)36(49)23(5)35(48)20(2)12-11-13-21(3)42(53)45-33(34(32)46)38(30)51/h11-18,20,22-24,27,35-36,39,48-51H,1-10H3,(H,45,53)/b12-11+,17-15+,21-13-/t20?,22-,23?,24?,27+,35+,36-,39?,43+/m1/s1. The van der Waals surface area contributed by atoms with Gasteiger partial charge in [-0.2, -0.15) is 0 Å². The summed E-state index contributed by atoms with van der Waals surface area (Å²) in [6.07, 6.45) is 5.62. The third-order valence-corrected chi connectivity index (χ3v) is 11.5. The summed E-state index contributed by atoms with van der Waals surface area (Å²) in [5.41, 5.74) is 2.18. The number of aromatic hydroxyl groups is 2. The van der Waals surface area contributed by atoms with Crippen molar-refractivity contribution >= 4 is 50.8 Å². The van der Waals surface area contributed by atoms with E-state index in [9.17, 15) is 34.8 Å². The number of methoxy groups -OCH3 is 1. The molecule has 2 aromatic heterocycles. The number of fused-ring (bicyclic) bond motifs is 2. The second kappa shape index (κ2) is 15.5. The van der Waals surface area contributed by atoms with Crippen LogP contribution in [0.25, 0.3) is 27.5 Å². The van der Waals surface area contributed by atoms with Crippen LogP contribution in [0.4, 0.5) is 5.69 Å². The van der Waals surface area contributed by atoms with Gasteiger partial charge < -0.3 is 44.7 Å². The lowest BCUT2D eigenvalue weighted by molar-refractivity contribution is -0.160. The first-order valence-corrected chi connectivity index (χ1v) is 19.0. The van der Waals surface area contributed by atoms with Crippen molar-refractivity contribution in [3.05, 3.63) is 71.2 Å². The topological polar surface area (TPSA) is 198 Å². The van der Waals surface area contributed by atoms with E-state index in [0.29, 0.717) is 5.65 Å². The molecule has 14 nitrogen and oxygen atoms in total. The Hall–Kier alpha value is -5.44. The van der Waals surface area contributed by atoms with Gasteiger partial charge in [0.25, 0.3) is 11.7 Å². The lowest BCUT2D eigenvalue weighted by Crippen LogP contribution is -2.46. The Labute approximate surface area is 330 Å². The molecule has 57 heavy (non-hydrogen) atoms. The molecule has 14 heteroatoms. The molecule has 2 aliphatic heterocycles. The smallest absolute Gasteiger partial charge is 0.312 e. The quantitative estimate of drug-likeness (QED) is 0.115. The van der Waals surface area contributed by atoms with Crippen molar-refractivity contribution in [2.75, 3.05) is 12.4 Å². The number of hydrogen-bond acceptors (Lipinski definition) is 12. The average Bonchev–Trinajstić information content (AvgIpc) is 3.67. The number of nitrogens with zero attached hydrogens (tertiary/aromatic N) is 2. The highest BCUT2D eigenvalue weighted by molar-refractivity contribution is 6.28. The number of aliphatic hydroxyl groups excluding tert-OH is 2. The summed E-state index contributed by atoms with van der Waals surface area (Å²) in [5.74, 6) is -6.96. The van der Waals surface area contributed by atoms with Gasteiger partial charge in [0, 0.05) is 67.3 Å². The van der Waals surface area contributed by atoms with E-state index < -0.39 is 77.3 Å². The van der Waals surface area contributed by atoms with Crippen LogP contribution in [0.1, 0.15) is 70.0 Å². The lowest BCUT2D eigenvalue weighted by Gasteiger charge is -2.38. The van der Waals surface area contributed by atoms with Crippen molar-refractivity contribution in [2.24, 2.45) is 23.7 Å². The molecule has 304 valence electrons. The zero-order valence-electron chi connectivity index (χ0n) is 33.8. The van der Waals surface area contributed by atoms with E-state index in [0.717, 1.165) is 5.56 Å². The average molecular weight is 786 g/mol. The summed E-state index contributed by atoms with van der Waals surface area (Å²) >= 11 is 0. The van der Waals surface area contributed by atoms with E-state index in [4.69, 9.17) is 23.9 Å². The second-order valence-electron chi connectivity index (χ2n) is 15.6. The Balaban J connectivity index is 1.58. The molecule has 4 aromatic rings. The number of hydrogen-bond donors (Lipinski definition) is 5. The Kier molecular flexibility index (Phi) is 11.2. The van der Waals surface area contributed by atoms with Crippen molar-refractivity contribution < 1.29 is 53.8 Å². The molecule has 0 aliphatic carbocycles. The normalized spacial score (nSPS) is 30.8. The van der Waals surface area contributed by atoms with Gasteiger partial charge in [0.1, 0.15) is 40.0 Å². The first-order chi connectivity index (χ1) is 26.8. The molecule has 0 fully saturated rings. The minimum atomic E-state index is -1.96. The maximum absolute atomic E-state index is 14.6. The van der Waals surface area contributed by atoms with Gasteiger partial charge >= 0.3 is 11.8 Å². The number of aliphatic hydroxyl groups is 2. The van der Waals surface area contributed by atoms with Gasteiger partial charge in [-0.15, -0.1) is 0 Å². The van der Waals surface area contributed by atoms with Crippen molar-refractivity contribution in [2.45, 2.75) is 92.5 Å². The van der Waals surface area contributed by atoms with Crippen LogP contribution in [0.5, 0.6) is 17.2 Å². The number of allylic oxidation sites excluding steroid dienone is 2. The highest BCUT2D eigenvalue weighted by Gasteiger charge is 2.50. The zero-order valence-corrected chi connectivity index (χ0v) is 33.8. The molecule has 9 atom stereocenters. The number of amides is 1. The van der Waals surface area contributed by atoms with Crippen LogP contribution in [0.2, 0.25) is 0 Å². The fraction of sp³-hybridized carbons (Fsp3) is 0.442. The molecule has 0 saturated carbocycles. The maximum Gasteiger partial charge on any atom is 0.312 e. The largest absolute Gasteiger partial charge is 0.507 e. The molecule has 4 heterocycles. The predicted octanol–water partition coefficient (Wildman–Crippen LogP) is 6.16. The number of phenols is 2. The monoisotopic (exact) mass is 785 g/mol. The first-order valence-electron chi connectivity index (χ1n) is 19.0. The Morgan fingerprint density at radius 3 is 2.35 bits per heavy atom. The number of carbonyl (C=O) groups is 3. The van der Waals surface area contributed by atoms with E-state index >= 15 is 0 Å². The SMILES string of the molecule is CO[C@H]1/C=C/O[C@@]2(C)Oc3c(C)c(O)c4c(O)c(c5c(nc6cc(C)ccn65)c4c3C2=O)NC(=O)/C(C)=C\C=C\C(C)[C@H](O)C(C)[C@@H](O)C(C)C(OC(C)=O)[C@@H]1C. The van der Waals surface area contributed by atoms with Gasteiger partial charge in [0.15, 0.2) is 5.75 Å². The summed E-state index contributed by atoms with van der Waals surface area (Å²) < 4.78 is 25.5. The van der Waals surface area contributed by atoms with Crippen LogP contribution < -0.4 is 10.1 Å². The van der Waals surface area contributed by atoms with Crippen LogP contribution in [0, 0.1) is 37.5 Å². The van der Waals surface area contributed by atoms with Crippen molar-refractivity contribution in [3.63, 3.8) is 0 Å². The number of benzene rings is 2. The lowest BCUT2D eigenvalue weighted by atomic mass is 9.78. The highest BCUT2D eigenvalue weighted by Crippen LogP contribution is 2.54. The minimum Gasteiger partial charge on any atom is -0.507 e. The molecule has 0 spiro atoms. The Bertz CT molecular complexity index is 2380. The molecule has 0 saturated heterocycles. The first kappa shape index (κ1) is 41.2. The van der Waals surface area contributed by atoms with Gasteiger partial charge in [0.05, 0.1) is 35.5 Å². The summed E-state index contributed by atoms with van der Waals surface area (Å²) in [6.45, 7) is 14.7. The number of aryl methyl sites for hydroxylation is 1. The van der Waals surface area contributed by atoms with E-state index in [1.807, 2.05) is 19.1 Å². The highest BCUT2D eigenvalue weighted by atomic mass is 16.7. The number of esters is 1. The minimum absolute atomic E-state index is 0.0185. The molecule has 0 radical (unpaired) electrons. The summed E-state index contributed by atoms with van der Waals surface area (Å²) in [5, 5.41) is 49.4. The van der Waals surface area contributed by atoms with Crippen LogP contribution >= 0.6 is 0 Å². The van der Waals surface area contributed by atoms with Gasteiger partial charge in [-0.25, -0.2) is 4.98 Å². The fourth-order valence-electron chi connectivity index (χ4n) is 8.03. The number of aromatic nitrogens is 2. The number of carbonyl (C=O) groups excluding carboxylic acids is 3. The molecular weight excluding hydrogens is 734 g/mol. The number of pyridine rings is 1.